The number of hydrazine groups is 1. The molecule has 0 unspecified atom stereocenters. The van der Waals surface area contributed by atoms with Crippen molar-refractivity contribution in [2.24, 2.45) is 0 Å². The van der Waals surface area contributed by atoms with Gasteiger partial charge in [-0.15, -0.1) is 5.10 Å². The summed E-state index contributed by atoms with van der Waals surface area (Å²) in [6.45, 7) is 0.0593. The Morgan fingerprint density at radius 1 is 0.833 bits per heavy atom. The lowest BCUT2D eigenvalue weighted by molar-refractivity contribution is -0.123. The number of nitrogens with zero attached hydrogens (tertiary/aromatic N) is 4. The van der Waals surface area contributed by atoms with Crippen molar-refractivity contribution in [1.29, 1.82) is 0 Å². The zero-order chi connectivity index (χ0) is 25.2. The van der Waals surface area contributed by atoms with Gasteiger partial charge in [-0.1, -0.05) is 60.7 Å². The van der Waals surface area contributed by atoms with E-state index in [2.05, 4.69) is 31.7 Å². The molecule has 0 aliphatic heterocycles. The molecule has 1 heterocycles. The molecule has 0 spiro atoms. The van der Waals surface area contributed by atoms with Gasteiger partial charge >= 0.3 is 6.09 Å². The average molecular weight is 486 g/mol. The summed E-state index contributed by atoms with van der Waals surface area (Å²) in [5.41, 5.74) is 7.36. The summed E-state index contributed by atoms with van der Waals surface area (Å²) in [5, 5.41) is 13.5. The number of carbonyl (C=O) groups is 3. The topological polar surface area (TPSA) is 140 Å². The van der Waals surface area contributed by atoms with Crippen LogP contribution in [-0.2, 0) is 22.6 Å². The minimum atomic E-state index is -0.988. The van der Waals surface area contributed by atoms with Crippen LogP contribution < -0.4 is 16.2 Å². The van der Waals surface area contributed by atoms with E-state index in [1.807, 2.05) is 60.7 Å². The highest BCUT2D eigenvalue weighted by atomic mass is 16.5. The number of amides is 3. The molecule has 4 aromatic rings. The minimum absolute atomic E-state index is 0.0593. The van der Waals surface area contributed by atoms with Gasteiger partial charge in [-0.25, -0.2) is 9.48 Å². The lowest BCUT2D eigenvalue weighted by Crippen LogP contribution is -2.53. The second kappa shape index (κ2) is 11.9. The molecule has 0 bridgehead atoms. The number of tetrazole rings is 1. The summed E-state index contributed by atoms with van der Waals surface area (Å²) in [5.74, 6) is -1.13. The highest BCUT2D eigenvalue weighted by molar-refractivity contribution is 5.96. The molecule has 3 amide bonds. The predicted octanol–water partition coefficient (Wildman–Crippen LogP) is 1.96. The zero-order valence-corrected chi connectivity index (χ0v) is 19.1. The van der Waals surface area contributed by atoms with Gasteiger partial charge < -0.3 is 10.1 Å². The van der Waals surface area contributed by atoms with Gasteiger partial charge in [0.05, 0.1) is 5.69 Å². The van der Waals surface area contributed by atoms with E-state index in [1.54, 1.807) is 24.3 Å². The Morgan fingerprint density at radius 3 is 2.14 bits per heavy atom. The molecule has 11 nitrogen and oxygen atoms in total. The van der Waals surface area contributed by atoms with Crippen molar-refractivity contribution >= 4 is 17.9 Å². The summed E-state index contributed by atoms with van der Waals surface area (Å²) in [4.78, 5) is 37.8. The van der Waals surface area contributed by atoms with Crippen molar-refractivity contribution in [1.82, 2.24) is 36.4 Å². The number of aromatic nitrogens is 4. The van der Waals surface area contributed by atoms with E-state index in [-0.39, 0.29) is 13.0 Å². The van der Waals surface area contributed by atoms with Gasteiger partial charge in [0.1, 0.15) is 19.0 Å². The van der Waals surface area contributed by atoms with Gasteiger partial charge in [0, 0.05) is 12.0 Å². The van der Waals surface area contributed by atoms with Crippen molar-refractivity contribution < 1.29 is 19.1 Å². The molecule has 4 rings (SSSR count). The Bertz CT molecular complexity index is 1280. The van der Waals surface area contributed by atoms with Crippen LogP contribution >= 0.6 is 0 Å². The molecule has 36 heavy (non-hydrogen) atoms. The van der Waals surface area contributed by atoms with Gasteiger partial charge in [-0.3, -0.25) is 20.4 Å². The maximum absolute atomic E-state index is 12.9. The molecule has 0 aliphatic carbocycles. The quantitative estimate of drug-likeness (QED) is 0.324. The fourth-order valence-electron chi connectivity index (χ4n) is 3.29. The van der Waals surface area contributed by atoms with Crippen LogP contribution in [0.15, 0.2) is 91.3 Å². The van der Waals surface area contributed by atoms with Gasteiger partial charge in [-0.05, 0) is 45.8 Å². The fourth-order valence-corrected chi connectivity index (χ4v) is 3.29. The lowest BCUT2D eigenvalue weighted by atomic mass is 10.1. The molecule has 1 aromatic heterocycles. The van der Waals surface area contributed by atoms with Crippen LogP contribution in [0, 0.1) is 0 Å². The molecule has 0 fully saturated rings. The van der Waals surface area contributed by atoms with Gasteiger partial charge in [-0.2, -0.15) is 0 Å². The standard InChI is InChI=1S/C25H23N7O4/c33-23(20-11-13-21(14-12-20)32-17-26-30-31-32)28-29-24(34)22(15-18-7-3-1-4-8-18)27-25(35)36-16-19-9-5-2-6-10-19/h1-14,17,22H,15-16H2,(H,27,35)(H,28,33)(H,29,34)/t22-/m0/s1. The Labute approximate surface area is 206 Å². The number of alkyl carbamates (subject to hydrolysis) is 1. The van der Waals surface area contributed by atoms with E-state index in [0.717, 1.165) is 11.1 Å². The molecular formula is C25H23N7O4. The van der Waals surface area contributed by atoms with Gasteiger partial charge in [0.2, 0.25) is 0 Å². The first-order chi connectivity index (χ1) is 17.6. The second-order valence-corrected chi connectivity index (χ2v) is 7.69. The van der Waals surface area contributed by atoms with Crippen molar-refractivity contribution in [3.05, 3.63) is 108 Å². The molecule has 0 aliphatic rings. The molecule has 3 N–H and O–H groups in total. The predicted molar refractivity (Wildman–Crippen MR) is 128 cm³/mol. The van der Waals surface area contributed by atoms with Crippen molar-refractivity contribution in [2.75, 3.05) is 0 Å². The van der Waals surface area contributed by atoms with Crippen LogP contribution in [0.25, 0.3) is 5.69 Å². The number of hydrogen-bond acceptors (Lipinski definition) is 7. The van der Waals surface area contributed by atoms with E-state index in [9.17, 15) is 14.4 Å². The van der Waals surface area contributed by atoms with E-state index in [0.29, 0.717) is 11.3 Å². The second-order valence-electron chi connectivity index (χ2n) is 7.69. The molecule has 0 radical (unpaired) electrons. The number of rotatable bonds is 8. The van der Waals surface area contributed by atoms with E-state index >= 15 is 0 Å². The van der Waals surface area contributed by atoms with E-state index < -0.39 is 23.9 Å². The highest BCUT2D eigenvalue weighted by Crippen LogP contribution is 2.08. The molecule has 182 valence electrons. The monoisotopic (exact) mass is 485 g/mol. The molecule has 0 saturated carbocycles. The summed E-state index contributed by atoms with van der Waals surface area (Å²) in [6.07, 6.45) is 0.878. The largest absolute Gasteiger partial charge is 0.445 e. The van der Waals surface area contributed by atoms with Gasteiger partial charge in [0.15, 0.2) is 0 Å². The van der Waals surface area contributed by atoms with Crippen LogP contribution in [0.1, 0.15) is 21.5 Å². The van der Waals surface area contributed by atoms with Gasteiger partial charge in [0.25, 0.3) is 11.8 Å². The Morgan fingerprint density at radius 2 is 1.50 bits per heavy atom. The number of carbonyl (C=O) groups excluding carboxylic acids is 3. The van der Waals surface area contributed by atoms with Crippen molar-refractivity contribution in [3.63, 3.8) is 0 Å². The maximum Gasteiger partial charge on any atom is 0.408 e. The fraction of sp³-hybridized carbons (Fsp3) is 0.120. The summed E-state index contributed by atoms with van der Waals surface area (Å²) in [6, 6.07) is 23.8. The van der Waals surface area contributed by atoms with Crippen LogP contribution in [0.5, 0.6) is 0 Å². The maximum atomic E-state index is 12.9. The van der Waals surface area contributed by atoms with Crippen molar-refractivity contribution in [3.8, 4) is 5.69 Å². The van der Waals surface area contributed by atoms with E-state index in [1.165, 1.54) is 11.0 Å². The summed E-state index contributed by atoms with van der Waals surface area (Å²) in [7, 11) is 0. The first kappa shape index (κ1) is 24.1. The average Bonchev–Trinajstić information content (AvgIpc) is 3.46. The first-order valence-electron chi connectivity index (χ1n) is 11.0. The minimum Gasteiger partial charge on any atom is -0.445 e. The van der Waals surface area contributed by atoms with Crippen LogP contribution in [-0.4, -0.2) is 44.2 Å². The lowest BCUT2D eigenvalue weighted by Gasteiger charge is -2.19. The number of ether oxygens (including phenoxy) is 1. The Kier molecular flexibility index (Phi) is 7.95. The number of hydrogen-bond donors (Lipinski definition) is 3. The third kappa shape index (κ3) is 6.73. The van der Waals surface area contributed by atoms with Crippen LogP contribution in [0.3, 0.4) is 0 Å². The van der Waals surface area contributed by atoms with Crippen LogP contribution in [0.4, 0.5) is 4.79 Å². The Hall–Kier alpha value is -5.06. The zero-order valence-electron chi connectivity index (χ0n) is 19.1. The summed E-state index contributed by atoms with van der Waals surface area (Å²) >= 11 is 0. The third-order valence-corrected chi connectivity index (χ3v) is 5.15. The van der Waals surface area contributed by atoms with Crippen molar-refractivity contribution in [2.45, 2.75) is 19.1 Å². The summed E-state index contributed by atoms with van der Waals surface area (Å²) < 4.78 is 6.69. The molecule has 11 heteroatoms. The smallest absolute Gasteiger partial charge is 0.408 e. The molecular weight excluding hydrogens is 462 g/mol. The number of benzene rings is 3. The third-order valence-electron chi connectivity index (χ3n) is 5.15. The highest BCUT2D eigenvalue weighted by Gasteiger charge is 2.23. The van der Waals surface area contributed by atoms with E-state index in [4.69, 9.17) is 4.74 Å². The Balaban J connectivity index is 1.35. The normalized spacial score (nSPS) is 11.2. The first-order valence-corrected chi connectivity index (χ1v) is 11.0. The van der Waals surface area contributed by atoms with Crippen LogP contribution in [0.2, 0.25) is 0 Å². The molecule has 1 atom stereocenters. The molecule has 0 saturated heterocycles. The number of nitrogens with one attached hydrogen (secondary N) is 3. The SMILES string of the molecule is O=C(N[C@@H](Cc1ccccc1)C(=O)NNC(=O)c1ccc(-n2cnnn2)cc1)OCc1ccccc1. The molecule has 3 aromatic carbocycles.